The zero-order valence-corrected chi connectivity index (χ0v) is 14.3. The number of nitrogens with zero attached hydrogens (tertiary/aromatic N) is 1. The molecule has 0 spiro atoms. The van der Waals surface area contributed by atoms with E-state index in [1.807, 2.05) is 4.90 Å². The third-order valence-electron chi connectivity index (χ3n) is 4.30. The minimum absolute atomic E-state index is 0.0443. The van der Waals surface area contributed by atoms with Gasteiger partial charge in [0.25, 0.3) is 0 Å². The van der Waals surface area contributed by atoms with Crippen molar-refractivity contribution in [2.24, 2.45) is 0 Å². The van der Waals surface area contributed by atoms with Gasteiger partial charge in [-0.15, -0.1) is 0 Å². The summed E-state index contributed by atoms with van der Waals surface area (Å²) < 4.78 is 16.0. The van der Waals surface area contributed by atoms with Gasteiger partial charge in [-0.1, -0.05) is 0 Å². The highest BCUT2D eigenvalue weighted by molar-refractivity contribution is 5.75. The van der Waals surface area contributed by atoms with Gasteiger partial charge in [0.15, 0.2) is 0 Å². The number of nitrogens with one attached hydrogen (secondary N) is 1. The van der Waals surface area contributed by atoms with Crippen molar-refractivity contribution in [3.63, 3.8) is 0 Å². The zero-order chi connectivity index (χ0) is 16.8. The predicted molar refractivity (Wildman–Crippen MR) is 88.4 cm³/mol. The van der Waals surface area contributed by atoms with E-state index < -0.39 is 0 Å². The monoisotopic (exact) mass is 322 g/mol. The van der Waals surface area contributed by atoms with Crippen LogP contribution in [0.2, 0.25) is 0 Å². The molecule has 6 heteroatoms. The molecule has 2 rings (SSSR count). The van der Waals surface area contributed by atoms with E-state index in [-0.39, 0.29) is 12.1 Å². The Kier molecular flexibility index (Phi) is 5.96. The summed E-state index contributed by atoms with van der Waals surface area (Å²) in [6, 6.07) is 3.81. The van der Waals surface area contributed by atoms with Crippen LogP contribution in [-0.2, 0) is 6.54 Å². The number of piperidine rings is 1. The number of likely N-dealkylation sites (tertiary alicyclic amines) is 1. The first kappa shape index (κ1) is 17.2. The minimum atomic E-state index is -0.0443. The average Bonchev–Trinajstić information content (AvgIpc) is 2.59. The Balaban J connectivity index is 2.11. The van der Waals surface area contributed by atoms with E-state index in [9.17, 15) is 4.79 Å². The molecule has 6 nitrogen and oxygen atoms in total. The molecular weight excluding hydrogens is 296 g/mol. The molecule has 0 bridgehead atoms. The normalized spacial score (nSPS) is 17.6. The maximum absolute atomic E-state index is 12.4. The number of hydrogen-bond acceptors (Lipinski definition) is 4. The van der Waals surface area contributed by atoms with Crippen LogP contribution in [0.3, 0.4) is 0 Å². The fourth-order valence-corrected chi connectivity index (χ4v) is 2.92. The van der Waals surface area contributed by atoms with Gasteiger partial charge < -0.3 is 24.4 Å². The predicted octanol–water partition coefficient (Wildman–Crippen LogP) is 2.80. The van der Waals surface area contributed by atoms with Crippen LogP contribution in [0.15, 0.2) is 12.1 Å². The number of benzene rings is 1. The number of amides is 2. The van der Waals surface area contributed by atoms with Gasteiger partial charge in [0.05, 0.1) is 33.4 Å². The minimum Gasteiger partial charge on any atom is -0.496 e. The lowest BCUT2D eigenvalue weighted by atomic mass is 10.0. The zero-order valence-electron chi connectivity index (χ0n) is 14.3. The van der Waals surface area contributed by atoms with Crippen LogP contribution in [0.25, 0.3) is 0 Å². The van der Waals surface area contributed by atoms with Crippen LogP contribution in [0.1, 0.15) is 31.7 Å². The van der Waals surface area contributed by atoms with E-state index >= 15 is 0 Å². The van der Waals surface area contributed by atoms with Crippen LogP contribution in [0.5, 0.6) is 17.2 Å². The summed E-state index contributed by atoms with van der Waals surface area (Å²) in [5.41, 5.74) is 0.800. The Bertz CT molecular complexity index is 522. The fraction of sp³-hybridized carbons (Fsp3) is 0.588. The molecule has 1 fully saturated rings. The lowest BCUT2D eigenvalue weighted by Crippen LogP contribution is -2.47. The number of carbonyl (C=O) groups excluding carboxylic acids is 1. The Labute approximate surface area is 137 Å². The molecule has 0 saturated carbocycles. The number of carbonyl (C=O) groups is 1. The van der Waals surface area contributed by atoms with Crippen LogP contribution in [0.4, 0.5) is 4.79 Å². The highest BCUT2D eigenvalue weighted by Gasteiger charge is 2.23. The van der Waals surface area contributed by atoms with Crippen molar-refractivity contribution < 1.29 is 19.0 Å². The maximum Gasteiger partial charge on any atom is 0.317 e. The maximum atomic E-state index is 12.4. The molecule has 1 heterocycles. The number of ether oxygens (including phenoxy) is 3. The molecule has 0 radical (unpaired) electrons. The second kappa shape index (κ2) is 7.94. The molecule has 1 aromatic rings. The van der Waals surface area contributed by atoms with Gasteiger partial charge in [-0.25, -0.2) is 4.79 Å². The second-order valence-electron chi connectivity index (χ2n) is 5.71. The van der Waals surface area contributed by atoms with Crippen molar-refractivity contribution in [1.82, 2.24) is 10.2 Å². The Morgan fingerprint density at radius 1 is 1.17 bits per heavy atom. The molecule has 128 valence electrons. The summed E-state index contributed by atoms with van der Waals surface area (Å²) in [6.07, 6.45) is 3.31. The van der Waals surface area contributed by atoms with Crippen molar-refractivity contribution in [3.8, 4) is 17.2 Å². The Morgan fingerprint density at radius 2 is 1.83 bits per heavy atom. The largest absolute Gasteiger partial charge is 0.496 e. The summed E-state index contributed by atoms with van der Waals surface area (Å²) in [4.78, 5) is 14.3. The highest BCUT2D eigenvalue weighted by Crippen LogP contribution is 2.34. The topological polar surface area (TPSA) is 60.0 Å². The number of urea groups is 1. The summed E-state index contributed by atoms with van der Waals surface area (Å²) in [6.45, 7) is 3.25. The first-order valence-corrected chi connectivity index (χ1v) is 7.94. The van der Waals surface area contributed by atoms with Gasteiger partial charge >= 0.3 is 6.03 Å². The van der Waals surface area contributed by atoms with Crippen LogP contribution in [0, 0.1) is 0 Å². The quantitative estimate of drug-likeness (QED) is 0.905. The van der Waals surface area contributed by atoms with Gasteiger partial charge in [0.1, 0.15) is 17.2 Å². The van der Waals surface area contributed by atoms with E-state index in [1.54, 1.807) is 33.5 Å². The lowest BCUT2D eigenvalue weighted by molar-refractivity contribution is 0.157. The summed E-state index contributed by atoms with van der Waals surface area (Å²) in [5.74, 6) is 1.92. The van der Waals surface area contributed by atoms with Crippen LogP contribution >= 0.6 is 0 Å². The molecule has 0 aromatic heterocycles. The molecule has 23 heavy (non-hydrogen) atoms. The Morgan fingerprint density at radius 3 is 2.35 bits per heavy atom. The Hall–Kier alpha value is -2.11. The molecule has 0 aliphatic carbocycles. The van der Waals surface area contributed by atoms with Crippen molar-refractivity contribution >= 4 is 6.03 Å². The highest BCUT2D eigenvalue weighted by atomic mass is 16.5. The van der Waals surface area contributed by atoms with E-state index in [0.717, 1.165) is 24.9 Å². The smallest absolute Gasteiger partial charge is 0.317 e. The average molecular weight is 322 g/mol. The van der Waals surface area contributed by atoms with Gasteiger partial charge in [-0.05, 0) is 26.2 Å². The third kappa shape index (κ3) is 4.00. The van der Waals surface area contributed by atoms with Gasteiger partial charge in [0.2, 0.25) is 0 Å². The number of methoxy groups -OCH3 is 3. The van der Waals surface area contributed by atoms with E-state index in [0.29, 0.717) is 23.8 Å². The summed E-state index contributed by atoms with van der Waals surface area (Å²) in [5, 5.41) is 2.97. The van der Waals surface area contributed by atoms with E-state index in [1.165, 1.54) is 6.42 Å². The summed E-state index contributed by atoms with van der Waals surface area (Å²) in [7, 11) is 4.77. The van der Waals surface area contributed by atoms with Gasteiger partial charge in [-0.3, -0.25) is 0 Å². The van der Waals surface area contributed by atoms with Gasteiger partial charge in [-0.2, -0.15) is 0 Å². The molecule has 2 amide bonds. The molecule has 1 saturated heterocycles. The van der Waals surface area contributed by atoms with Crippen molar-refractivity contribution in [3.05, 3.63) is 17.7 Å². The molecule has 1 aromatic carbocycles. The van der Waals surface area contributed by atoms with Crippen LogP contribution < -0.4 is 19.5 Å². The molecule has 1 atom stereocenters. The van der Waals surface area contributed by atoms with Gasteiger partial charge in [0, 0.05) is 24.7 Å². The van der Waals surface area contributed by atoms with E-state index in [4.69, 9.17) is 14.2 Å². The van der Waals surface area contributed by atoms with Crippen LogP contribution in [-0.4, -0.2) is 44.8 Å². The van der Waals surface area contributed by atoms with E-state index in [2.05, 4.69) is 12.2 Å². The second-order valence-corrected chi connectivity index (χ2v) is 5.71. The SMILES string of the molecule is COc1cc(OC)c(CNC(=O)N2CCCC[C@@H]2C)c(OC)c1. The standard InChI is InChI=1S/C17H26N2O4/c1-12-7-5-6-8-19(12)17(20)18-11-14-15(22-3)9-13(21-2)10-16(14)23-4/h9-10,12H,5-8,11H2,1-4H3,(H,18,20)/t12-/m0/s1. The first-order valence-electron chi connectivity index (χ1n) is 7.94. The first-order chi connectivity index (χ1) is 11.1. The molecular formula is C17H26N2O4. The van der Waals surface area contributed by atoms with Crippen molar-refractivity contribution in [1.29, 1.82) is 0 Å². The lowest BCUT2D eigenvalue weighted by Gasteiger charge is -2.33. The van der Waals surface area contributed by atoms with Crippen molar-refractivity contribution in [2.45, 2.75) is 38.8 Å². The van der Waals surface area contributed by atoms with Crippen molar-refractivity contribution in [2.75, 3.05) is 27.9 Å². The fourth-order valence-electron chi connectivity index (χ4n) is 2.92. The third-order valence-corrected chi connectivity index (χ3v) is 4.30. The molecule has 1 aliphatic rings. The number of hydrogen-bond donors (Lipinski definition) is 1. The summed E-state index contributed by atoms with van der Waals surface area (Å²) >= 11 is 0. The molecule has 1 aliphatic heterocycles. The molecule has 1 N–H and O–H groups in total. The molecule has 0 unspecified atom stereocenters. The number of rotatable bonds is 5.